The summed E-state index contributed by atoms with van der Waals surface area (Å²) < 4.78 is 0. The van der Waals surface area contributed by atoms with Gasteiger partial charge in [-0.15, -0.1) is 0 Å². The minimum Gasteiger partial charge on any atom is -0.300 e. The predicted octanol–water partition coefficient (Wildman–Crippen LogP) is -2.18. The summed E-state index contributed by atoms with van der Waals surface area (Å²) in [5.41, 5.74) is 4.22. The predicted molar refractivity (Wildman–Crippen MR) is 33.0 cm³/mol. The second-order valence-electron chi connectivity index (χ2n) is 0.618. The van der Waals surface area contributed by atoms with Crippen LogP contribution in [0.5, 0.6) is 0 Å². The van der Waals surface area contributed by atoms with Crippen molar-refractivity contribution in [2.45, 2.75) is 0 Å². The minimum absolute atomic E-state index is 0. The van der Waals surface area contributed by atoms with Crippen LogP contribution < -0.4 is 22.5 Å². The van der Waals surface area contributed by atoms with Crippen LogP contribution in [0, 0.1) is 0 Å². The van der Waals surface area contributed by atoms with Gasteiger partial charge in [0, 0.05) is 29.6 Å². The second-order valence-corrected chi connectivity index (χ2v) is 1.03. The first-order valence-corrected chi connectivity index (χ1v) is 1.69. The van der Waals surface area contributed by atoms with Crippen LogP contribution in [0.4, 0.5) is 0 Å². The fraction of sp³-hybridized carbons (Fsp3) is 0. The molecule has 0 aliphatic carbocycles. The molecule has 0 atom stereocenters. The third-order valence-electron chi connectivity index (χ3n) is 0.262. The molecule has 0 rings (SSSR count). The molecule has 0 heterocycles. The Balaban J connectivity index is 0. The summed E-state index contributed by atoms with van der Waals surface area (Å²) in [5, 5.41) is 0.231. The largest absolute Gasteiger partial charge is 0.300 e. The maximum Gasteiger partial charge on any atom is 0.194 e. The molecule has 7 heavy (non-hydrogen) atoms. The maximum absolute atomic E-state index is 4.75. The molecule has 0 bridgehead atoms. The molecular formula is CH6N4NaS. The van der Waals surface area contributed by atoms with Gasteiger partial charge in [0.2, 0.25) is 0 Å². The Kier molecular flexibility index (Phi) is 9.98. The van der Waals surface area contributed by atoms with Gasteiger partial charge in [0.25, 0.3) is 0 Å². The van der Waals surface area contributed by atoms with E-state index in [0.717, 1.165) is 0 Å². The number of nitrogens with two attached hydrogens (primary N) is 2. The number of nitrogens with one attached hydrogen (secondary N) is 2. The van der Waals surface area contributed by atoms with Crippen molar-refractivity contribution in [1.82, 2.24) is 10.9 Å². The Morgan fingerprint density at radius 3 is 1.57 bits per heavy atom. The van der Waals surface area contributed by atoms with Crippen LogP contribution in [-0.4, -0.2) is 34.7 Å². The van der Waals surface area contributed by atoms with Gasteiger partial charge >= 0.3 is 0 Å². The van der Waals surface area contributed by atoms with Crippen LogP contribution >= 0.6 is 12.2 Å². The summed E-state index contributed by atoms with van der Waals surface area (Å²) in [6, 6.07) is 0. The van der Waals surface area contributed by atoms with Gasteiger partial charge in [-0.05, 0) is 12.2 Å². The van der Waals surface area contributed by atoms with E-state index in [1.54, 1.807) is 0 Å². The molecule has 0 fully saturated rings. The SMILES string of the molecule is NNC(=S)NN.[Na]. The molecule has 0 amide bonds. The molecule has 4 nitrogen and oxygen atoms in total. The van der Waals surface area contributed by atoms with Crippen molar-refractivity contribution in [2.24, 2.45) is 11.7 Å². The number of thiocarbonyl (C=S) groups is 1. The number of hydrazine groups is 2. The first-order chi connectivity index (χ1) is 2.81. The smallest absolute Gasteiger partial charge is 0.194 e. The summed E-state index contributed by atoms with van der Waals surface area (Å²) in [6.45, 7) is 0. The molecule has 0 saturated heterocycles. The van der Waals surface area contributed by atoms with Gasteiger partial charge in [-0.3, -0.25) is 10.9 Å². The Morgan fingerprint density at radius 1 is 1.29 bits per heavy atom. The molecule has 6 N–H and O–H groups in total. The molecule has 0 spiro atoms. The molecule has 0 aromatic rings. The molecular weight excluding hydrogens is 123 g/mol. The molecule has 0 saturated carbocycles. The number of hydrogen-bond donors (Lipinski definition) is 4. The molecule has 0 aromatic heterocycles. The zero-order valence-electron chi connectivity index (χ0n) is 4.06. The van der Waals surface area contributed by atoms with Crippen molar-refractivity contribution in [3.8, 4) is 0 Å². The van der Waals surface area contributed by atoms with Gasteiger partial charge in [-0.1, -0.05) is 0 Å². The normalized spacial score (nSPS) is 6.00. The Bertz CT molecular complexity index is 49.7. The first kappa shape index (κ1) is 10.6. The average Bonchev–Trinajstić information content (AvgIpc) is 1.65. The fourth-order valence-corrected chi connectivity index (χ4v) is 0.0417. The summed E-state index contributed by atoms with van der Waals surface area (Å²) >= 11 is 4.38. The minimum atomic E-state index is 0. The van der Waals surface area contributed by atoms with Gasteiger partial charge < -0.3 is 0 Å². The van der Waals surface area contributed by atoms with E-state index in [0.29, 0.717) is 0 Å². The molecule has 0 aliphatic heterocycles. The van der Waals surface area contributed by atoms with Crippen LogP contribution in [0.1, 0.15) is 0 Å². The maximum atomic E-state index is 4.75. The third kappa shape index (κ3) is 6.61. The number of hydrogen-bond acceptors (Lipinski definition) is 3. The van der Waals surface area contributed by atoms with Crippen LogP contribution in [0.25, 0.3) is 0 Å². The van der Waals surface area contributed by atoms with Gasteiger partial charge in [-0.2, -0.15) is 0 Å². The van der Waals surface area contributed by atoms with E-state index < -0.39 is 0 Å². The molecule has 37 valence electrons. The van der Waals surface area contributed by atoms with Gasteiger partial charge in [0.1, 0.15) is 0 Å². The van der Waals surface area contributed by atoms with E-state index in [1.165, 1.54) is 0 Å². The van der Waals surface area contributed by atoms with Crippen molar-refractivity contribution in [3.05, 3.63) is 0 Å². The zero-order chi connectivity index (χ0) is 4.99. The molecule has 1 radical (unpaired) electrons. The topological polar surface area (TPSA) is 76.1 Å². The van der Waals surface area contributed by atoms with E-state index in [-0.39, 0.29) is 34.7 Å². The van der Waals surface area contributed by atoms with Gasteiger partial charge in [0.05, 0.1) is 0 Å². The van der Waals surface area contributed by atoms with Gasteiger partial charge in [0.15, 0.2) is 5.11 Å². The quantitative estimate of drug-likeness (QED) is 0.129. The first-order valence-electron chi connectivity index (χ1n) is 1.28. The van der Waals surface area contributed by atoms with Crippen LogP contribution in [0.2, 0.25) is 0 Å². The standard InChI is InChI=1S/CH6N4S.Na/c2-4-1(6)5-3;/h2-3H2,(H2,4,5,6);. The van der Waals surface area contributed by atoms with E-state index >= 15 is 0 Å². The third-order valence-corrected chi connectivity index (χ3v) is 0.498. The van der Waals surface area contributed by atoms with Crippen molar-refractivity contribution < 1.29 is 0 Å². The van der Waals surface area contributed by atoms with Crippen LogP contribution in [0.15, 0.2) is 0 Å². The summed E-state index contributed by atoms with van der Waals surface area (Å²) in [6.07, 6.45) is 0. The zero-order valence-corrected chi connectivity index (χ0v) is 6.88. The van der Waals surface area contributed by atoms with Crippen molar-refractivity contribution in [3.63, 3.8) is 0 Å². The van der Waals surface area contributed by atoms with Gasteiger partial charge in [-0.25, -0.2) is 11.7 Å². The Labute approximate surface area is 69.2 Å². The van der Waals surface area contributed by atoms with E-state index in [9.17, 15) is 0 Å². The summed E-state index contributed by atoms with van der Waals surface area (Å²) in [7, 11) is 0. The monoisotopic (exact) mass is 129 g/mol. The summed E-state index contributed by atoms with van der Waals surface area (Å²) in [4.78, 5) is 0. The summed E-state index contributed by atoms with van der Waals surface area (Å²) in [5.74, 6) is 9.50. The van der Waals surface area contributed by atoms with Crippen molar-refractivity contribution >= 4 is 46.9 Å². The fourth-order valence-electron chi connectivity index (χ4n) is 0.0417. The average molecular weight is 129 g/mol. The van der Waals surface area contributed by atoms with E-state index in [2.05, 4.69) is 23.1 Å². The second kappa shape index (κ2) is 6.61. The molecule has 0 unspecified atom stereocenters. The molecule has 0 aliphatic rings. The Hall–Kier alpha value is 0.610. The molecule has 0 aromatic carbocycles. The van der Waals surface area contributed by atoms with Crippen molar-refractivity contribution in [2.75, 3.05) is 0 Å². The van der Waals surface area contributed by atoms with E-state index in [4.69, 9.17) is 11.7 Å². The molecule has 6 heteroatoms. The Morgan fingerprint density at radius 2 is 1.57 bits per heavy atom. The van der Waals surface area contributed by atoms with E-state index in [1.807, 2.05) is 0 Å². The van der Waals surface area contributed by atoms with Crippen molar-refractivity contribution in [1.29, 1.82) is 0 Å². The van der Waals surface area contributed by atoms with Crippen LogP contribution in [-0.2, 0) is 0 Å². The number of rotatable bonds is 0. The van der Waals surface area contributed by atoms with Crippen LogP contribution in [0.3, 0.4) is 0 Å².